The van der Waals surface area contributed by atoms with Crippen molar-refractivity contribution in [2.24, 2.45) is 0 Å². The number of hydrogen-bond acceptors (Lipinski definition) is 7. The molecule has 1 aromatic carbocycles. The first kappa shape index (κ1) is 32.6. The van der Waals surface area contributed by atoms with E-state index in [1.807, 2.05) is 35.2 Å². The second kappa shape index (κ2) is 14.8. The normalized spacial score (nSPS) is 14.3. The van der Waals surface area contributed by atoms with E-state index in [1.165, 1.54) is 13.8 Å². The van der Waals surface area contributed by atoms with Crippen LogP contribution in [0.4, 0.5) is 10.6 Å². The van der Waals surface area contributed by atoms with Crippen LogP contribution in [0.2, 0.25) is 0 Å². The fourth-order valence-electron chi connectivity index (χ4n) is 4.30. The minimum atomic E-state index is -1.38. The van der Waals surface area contributed by atoms with Gasteiger partial charge < -0.3 is 34.9 Å². The lowest BCUT2D eigenvalue weighted by atomic mass is 10.0. The van der Waals surface area contributed by atoms with E-state index in [-0.39, 0.29) is 19.1 Å². The number of alkyl carbamates (subject to hydrolysis) is 1. The molecule has 2 heterocycles. The van der Waals surface area contributed by atoms with Crippen molar-refractivity contribution in [1.82, 2.24) is 25.1 Å². The lowest BCUT2D eigenvalue weighted by Gasteiger charge is -2.29. The van der Waals surface area contributed by atoms with Gasteiger partial charge in [-0.2, -0.15) is 0 Å². The van der Waals surface area contributed by atoms with Crippen molar-refractivity contribution in [3.05, 3.63) is 48.4 Å². The van der Waals surface area contributed by atoms with Crippen LogP contribution in [0.1, 0.15) is 65.9 Å². The number of ether oxygens (including phenoxy) is 2. The van der Waals surface area contributed by atoms with Gasteiger partial charge in [0.1, 0.15) is 17.2 Å². The molecule has 0 unspecified atom stereocenters. The molecule has 0 saturated carbocycles. The van der Waals surface area contributed by atoms with E-state index in [1.54, 1.807) is 37.9 Å². The highest BCUT2D eigenvalue weighted by Crippen LogP contribution is 2.13. The van der Waals surface area contributed by atoms with Crippen LogP contribution in [-0.2, 0) is 37.0 Å². The molecule has 0 radical (unpaired) electrons. The van der Waals surface area contributed by atoms with Crippen molar-refractivity contribution in [2.75, 3.05) is 25.0 Å². The van der Waals surface area contributed by atoms with Gasteiger partial charge in [0, 0.05) is 32.3 Å². The number of likely N-dealkylation sites (tertiary alicyclic amines) is 1. The first-order valence-corrected chi connectivity index (χ1v) is 14.4. The fraction of sp³-hybridized carbons (Fsp3) is 0.567. The average molecular weight is 585 g/mol. The molecule has 1 aliphatic rings. The van der Waals surface area contributed by atoms with Crippen molar-refractivity contribution in [3.63, 3.8) is 0 Å². The Kier molecular flexibility index (Phi) is 11.5. The topological polar surface area (TPSA) is 144 Å². The van der Waals surface area contributed by atoms with Gasteiger partial charge in [-0.25, -0.2) is 9.78 Å². The SMILES string of the molecule is CC(C)(C)OC(=O)NC(C)(C)C(=O)N[C@H](COCc1ccccc1)C(=O)Nc1cn(CCCC(=O)N2CCCC2)cn1. The summed E-state index contributed by atoms with van der Waals surface area (Å²) in [7, 11) is 0. The quantitative estimate of drug-likeness (QED) is 0.328. The molecule has 0 spiro atoms. The smallest absolute Gasteiger partial charge is 0.408 e. The predicted molar refractivity (Wildman–Crippen MR) is 157 cm³/mol. The van der Waals surface area contributed by atoms with Crippen LogP contribution in [0, 0.1) is 0 Å². The second-order valence-electron chi connectivity index (χ2n) is 12.0. The molecule has 230 valence electrons. The lowest BCUT2D eigenvalue weighted by molar-refractivity contribution is -0.131. The molecule has 0 bridgehead atoms. The molecular weight excluding hydrogens is 540 g/mol. The molecule has 1 atom stereocenters. The van der Waals surface area contributed by atoms with Crippen LogP contribution < -0.4 is 16.0 Å². The molecule has 1 aliphatic heterocycles. The number of aromatic nitrogens is 2. The van der Waals surface area contributed by atoms with Gasteiger partial charge in [0.15, 0.2) is 5.82 Å². The Morgan fingerprint density at radius 3 is 2.38 bits per heavy atom. The zero-order valence-electron chi connectivity index (χ0n) is 25.3. The third-order valence-electron chi connectivity index (χ3n) is 6.55. The summed E-state index contributed by atoms with van der Waals surface area (Å²) < 4.78 is 12.9. The predicted octanol–water partition coefficient (Wildman–Crippen LogP) is 3.23. The van der Waals surface area contributed by atoms with Gasteiger partial charge in [-0.15, -0.1) is 0 Å². The van der Waals surface area contributed by atoms with Crippen molar-refractivity contribution in [1.29, 1.82) is 0 Å². The van der Waals surface area contributed by atoms with Gasteiger partial charge in [-0.3, -0.25) is 14.4 Å². The van der Waals surface area contributed by atoms with E-state index in [0.717, 1.165) is 31.5 Å². The summed E-state index contributed by atoms with van der Waals surface area (Å²) >= 11 is 0. The average Bonchev–Trinajstić information content (AvgIpc) is 3.60. The number of nitrogens with one attached hydrogen (secondary N) is 3. The fourth-order valence-corrected chi connectivity index (χ4v) is 4.30. The molecule has 2 aromatic rings. The number of nitrogens with zero attached hydrogens (tertiary/aromatic N) is 3. The summed E-state index contributed by atoms with van der Waals surface area (Å²) in [6.07, 6.45) is 5.75. The van der Waals surface area contributed by atoms with Crippen LogP contribution in [0.15, 0.2) is 42.9 Å². The Balaban J connectivity index is 1.59. The minimum absolute atomic E-state index is 0.117. The molecule has 0 aliphatic carbocycles. The van der Waals surface area contributed by atoms with Crippen molar-refractivity contribution >= 4 is 29.6 Å². The number of carbonyl (C=O) groups excluding carboxylic acids is 4. The molecule has 1 fully saturated rings. The Morgan fingerprint density at radius 2 is 1.71 bits per heavy atom. The Labute approximate surface area is 247 Å². The molecule has 12 nitrogen and oxygen atoms in total. The van der Waals surface area contributed by atoms with Crippen molar-refractivity contribution < 1.29 is 28.7 Å². The van der Waals surface area contributed by atoms with Gasteiger partial charge in [0.05, 0.1) is 19.5 Å². The Bertz CT molecular complexity index is 1200. The van der Waals surface area contributed by atoms with Gasteiger partial charge in [-0.1, -0.05) is 30.3 Å². The monoisotopic (exact) mass is 584 g/mol. The van der Waals surface area contributed by atoms with Gasteiger partial charge in [-0.05, 0) is 59.4 Å². The highest BCUT2D eigenvalue weighted by Gasteiger charge is 2.34. The lowest BCUT2D eigenvalue weighted by Crippen LogP contribution is -2.59. The van der Waals surface area contributed by atoms with Crippen LogP contribution in [-0.4, -0.2) is 75.1 Å². The summed E-state index contributed by atoms with van der Waals surface area (Å²) in [5.74, 6) is -0.650. The number of aryl methyl sites for hydroxylation is 1. The Hall–Kier alpha value is -3.93. The van der Waals surface area contributed by atoms with Gasteiger partial charge >= 0.3 is 6.09 Å². The molecule has 42 heavy (non-hydrogen) atoms. The Morgan fingerprint density at radius 1 is 1.02 bits per heavy atom. The standard InChI is InChI=1S/C30H44N6O6/c1-29(2,3)42-28(40)34-30(4,5)27(39)32-23(20-41-19-22-12-7-6-8-13-22)26(38)33-24-18-35(21-31-24)15-11-14-25(37)36-16-9-10-17-36/h6-8,12-13,18,21,23H,9-11,14-17,19-20H2,1-5H3,(H,32,39)(H,33,38)(H,34,40)/t23-/m1/s1. The zero-order valence-corrected chi connectivity index (χ0v) is 25.3. The zero-order chi connectivity index (χ0) is 30.8. The second-order valence-corrected chi connectivity index (χ2v) is 12.0. The summed E-state index contributed by atoms with van der Waals surface area (Å²) in [6.45, 7) is 10.6. The van der Waals surface area contributed by atoms with Crippen LogP contribution >= 0.6 is 0 Å². The van der Waals surface area contributed by atoms with E-state index >= 15 is 0 Å². The van der Waals surface area contributed by atoms with Crippen LogP contribution in [0.3, 0.4) is 0 Å². The maximum atomic E-state index is 13.3. The van der Waals surface area contributed by atoms with E-state index in [4.69, 9.17) is 9.47 Å². The third-order valence-corrected chi connectivity index (χ3v) is 6.55. The van der Waals surface area contributed by atoms with E-state index in [0.29, 0.717) is 25.2 Å². The first-order valence-electron chi connectivity index (χ1n) is 14.4. The van der Waals surface area contributed by atoms with Gasteiger partial charge in [0.25, 0.3) is 5.91 Å². The maximum Gasteiger partial charge on any atom is 0.408 e. The van der Waals surface area contributed by atoms with Crippen LogP contribution in [0.5, 0.6) is 0 Å². The molecule has 3 N–H and O–H groups in total. The summed E-state index contributed by atoms with van der Waals surface area (Å²) in [6, 6.07) is 8.37. The van der Waals surface area contributed by atoms with Crippen LogP contribution in [0.25, 0.3) is 0 Å². The van der Waals surface area contributed by atoms with E-state index in [2.05, 4.69) is 20.9 Å². The van der Waals surface area contributed by atoms with Gasteiger partial charge in [0.2, 0.25) is 11.8 Å². The molecule has 12 heteroatoms. The number of carbonyl (C=O) groups is 4. The number of amides is 4. The minimum Gasteiger partial charge on any atom is -0.444 e. The molecule has 3 rings (SSSR count). The molecule has 1 aromatic heterocycles. The number of rotatable bonds is 13. The number of hydrogen-bond donors (Lipinski definition) is 3. The third kappa shape index (κ3) is 10.8. The van der Waals surface area contributed by atoms with Crippen molar-refractivity contribution in [3.8, 4) is 0 Å². The largest absolute Gasteiger partial charge is 0.444 e. The number of anilines is 1. The summed E-state index contributed by atoms with van der Waals surface area (Å²) in [4.78, 5) is 57.2. The van der Waals surface area contributed by atoms with E-state index < -0.39 is 35.1 Å². The first-order chi connectivity index (χ1) is 19.8. The molecule has 1 saturated heterocycles. The summed E-state index contributed by atoms with van der Waals surface area (Å²) in [5.41, 5.74) is -1.21. The highest BCUT2D eigenvalue weighted by molar-refractivity contribution is 5.98. The van der Waals surface area contributed by atoms with E-state index in [9.17, 15) is 19.2 Å². The molecule has 4 amide bonds. The highest BCUT2D eigenvalue weighted by atomic mass is 16.6. The number of benzene rings is 1. The maximum absolute atomic E-state index is 13.3. The van der Waals surface area contributed by atoms with Crippen molar-refractivity contribution in [2.45, 2.75) is 90.6 Å². The number of imidazole rings is 1. The summed E-state index contributed by atoms with van der Waals surface area (Å²) in [5, 5.41) is 7.97. The molecular formula is C30H44N6O6.